The van der Waals surface area contributed by atoms with Gasteiger partial charge >= 0.3 is 0 Å². The fourth-order valence-corrected chi connectivity index (χ4v) is 2.05. The van der Waals surface area contributed by atoms with E-state index >= 15 is 0 Å². The van der Waals surface area contributed by atoms with Gasteiger partial charge in [0.1, 0.15) is 11.5 Å². The highest BCUT2D eigenvalue weighted by Gasteiger charge is 1.97. The van der Waals surface area contributed by atoms with Gasteiger partial charge in [-0.3, -0.25) is 9.98 Å². The van der Waals surface area contributed by atoms with Crippen LogP contribution >= 0.6 is 24.0 Å². The first-order valence-corrected chi connectivity index (χ1v) is 7.98. The Morgan fingerprint density at radius 2 is 1.92 bits per heavy atom. The summed E-state index contributed by atoms with van der Waals surface area (Å²) in [5, 5.41) is 3.09. The molecular weight excluding hydrogens is 431 g/mol. The van der Waals surface area contributed by atoms with Crippen LogP contribution in [-0.4, -0.2) is 37.7 Å². The van der Waals surface area contributed by atoms with Crippen LogP contribution in [0.3, 0.4) is 0 Å². The number of ether oxygens (including phenoxy) is 2. The summed E-state index contributed by atoms with van der Waals surface area (Å²) in [6, 6.07) is 13.4. The van der Waals surface area contributed by atoms with Crippen LogP contribution in [0.4, 0.5) is 0 Å². The number of methoxy groups -OCH3 is 1. The van der Waals surface area contributed by atoms with E-state index in [-0.39, 0.29) is 24.0 Å². The largest absolute Gasteiger partial charge is 0.497 e. The molecule has 25 heavy (non-hydrogen) atoms. The smallest absolute Gasteiger partial charge is 0.188 e. The van der Waals surface area contributed by atoms with Crippen molar-refractivity contribution in [3.05, 3.63) is 54.4 Å². The quantitative estimate of drug-likeness (QED) is 0.263. The number of hydrogen-bond acceptors (Lipinski definition) is 4. The zero-order valence-corrected chi connectivity index (χ0v) is 16.7. The van der Waals surface area contributed by atoms with E-state index in [9.17, 15) is 0 Å². The lowest BCUT2D eigenvalue weighted by molar-refractivity contribution is 0.312. The molecule has 0 aliphatic heterocycles. The van der Waals surface area contributed by atoms with Crippen LogP contribution in [-0.2, 0) is 6.42 Å². The van der Waals surface area contributed by atoms with E-state index in [2.05, 4.69) is 15.3 Å². The summed E-state index contributed by atoms with van der Waals surface area (Å²) in [6.45, 7) is 1.93. The summed E-state index contributed by atoms with van der Waals surface area (Å²) in [6.07, 6.45) is 3.40. The molecule has 1 aromatic carbocycles. The fourth-order valence-electron chi connectivity index (χ4n) is 2.05. The highest BCUT2D eigenvalue weighted by Crippen LogP contribution is 2.16. The van der Waals surface area contributed by atoms with Crippen molar-refractivity contribution in [2.45, 2.75) is 12.8 Å². The first kappa shape index (κ1) is 21.0. The number of halogens is 1. The van der Waals surface area contributed by atoms with E-state index in [1.54, 1.807) is 13.3 Å². The summed E-state index contributed by atoms with van der Waals surface area (Å²) in [4.78, 5) is 8.53. The Balaban J connectivity index is 0.00000312. The summed E-state index contributed by atoms with van der Waals surface area (Å²) < 4.78 is 10.7. The maximum Gasteiger partial charge on any atom is 0.188 e. The molecule has 0 unspecified atom stereocenters. The minimum atomic E-state index is 0. The molecular formula is C18H25IN4O2. The third-order valence-electron chi connectivity index (χ3n) is 3.33. The predicted octanol–water partition coefficient (Wildman–Crippen LogP) is 2.62. The third-order valence-corrected chi connectivity index (χ3v) is 3.33. The fraction of sp³-hybridized carbons (Fsp3) is 0.333. The molecule has 3 N–H and O–H groups in total. The van der Waals surface area contributed by atoms with Gasteiger partial charge in [-0.25, -0.2) is 0 Å². The van der Waals surface area contributed by atoms with Crippen molar-refractivity contribution >= 4 is 29.9 Å². The number of guanidine groups is 1. The van der Waals surface area contributed by atoms with Gasteiger partial charge in [0, 0.05) is 37.8 Å². The van der Waals surface area contributed by atoms with Crippen molar-refractivity contribution in [1.82, 2.24) is 10.3 Å². The van der Waals surface area contributed by atoms with Gasteiger partial charge in [-0.15, -0.1) is 24.0 Å². The average Bonchev–Trinajstić information content (AvgIpc) is 2.63. The van der Waals surface area contributed by atoms with Crippen LogP contribution in [0.2, 0.25) is 0 Å². The zero-order valence-electron chi connectivity index (χ0n) is 14.4. The molecule has 1 heterocycles. The van der Waals surface area contributed by atoms with E-state index < -0.39 is 0 Å². The third kappa shape index (κ3) is 8.57. The molecule has 0 aliphatic rings. The molecule has 0 fully saturated rings. The van der Waals surface area contributed by atoms with Crippen LogP contribution in [0.25, 0.3) is 0 Å². The monoisotopic (exact) mass is 456 g/mol. The average molecular weight is 456 g/mol. The molecule has 0 radical (unpaired) electrons. The van der Waals surface area contributed by atoms with E-state index in [0.29, 0.717) is 25.7 Å². The first-order valence-electron chi connectivity index (χ1n) is 7.98. The van der Waals surface area contributed by atoms with Crippen molar-refractivity contribution in [3.63, 3.8) is 0 Å². The molecule has 0 amide bonds. The molecule has 1 aromatic heterocycles. The highest BCUT2D eigenvalue weighted by molar-refractivity contribution is 14.0. The molecule has 0 spiro atoms. The Labute approximate surface area is 165 Å². The molecule has 136 valence electrons. The van der Waals surface area contributed by atoms with Crippen LogP contribution in [0.5, 0.6) is 11.5 Å². The van der Waals surface area contributed by atoms with Gasteiger partial charge in [0.2, 0.25) is 0 Å². The van der Waals surface area contributed by atoms with Gasteiger partial charge < -0.3 is 20.5 Å². The van der Waals surface area contributed by atoms with E-state index in [1.165, 1.54) is 0 Å². The Kier molecular flexibility index (Phi) is 10.4. The minimum absolute atomic E-state index is 0. The number of benzene rings is 1. The van der Waals surface area contributed by atoms with Gasteiger partial charge in [0.25, 0.3) is 0 Å². The molecule has 0 aliphatic carbocycles. The summed E-state index contributed by atoms with van der Waals surface area (Å²) in [5.74, 6) is 2.09. The Morgan fingerprint density at radius 3 is 2.60 bits per heavy atom. The Morgan fingerprint density at radius 1 is 1.16 bits per heavy atom. The normalized spacial score (nSPS) is 10.7. The maximum atomic E-state index is 5.83. The number of aromatic nitrogens is 1. The zero-order chi connectivity index (χ0) is 17.0. The molecule has 7 heteroatoms. The molecule has 2 aromatic rings. The van der Waals surface area contributed by atoms with Crippen LogP contribution in [0, 0.1) is 0 Å². The van der Waals surface area contributed by atoms with Crippen molar-refractivity contribution < 1.29 is 9.47 Å². The minimum Gasteiger partial charge on any atom is -0.497 e. The second-order valence-corrected chi connectivity index (χ2v) is 5.14. The Bertz CT molecular complexity index is 621. The maximum absolute atomic E-state index is 5.83. The number of hydrogen-bond donors (Lipinski definition) is 2. The number of nitrogens with two attached hydrogens (primary N) is 1. The van der Waals surface area contributed by atoms with E-state index in [1.807, 2.05) is 42.5 Å². The van der Waals surface area contributed by atoms with Gasteiger partial charge in [-0.1, -0.05) is 6.07 Å². The topological polar surface area (TPSA) is 81.8 Å². The second kappa shape index (κ2) is 12.3. The number of nitrogens with one attached hydrogen (secondary N) is 1. The lowest BCUT2D eigenvalue weighted by Gasteiger charge is -2.07. The van der Waals surface area contributed by atoms with Gasteiger partial charge in [0.05, 0.1) is 13.7 Å². The molecule has 0 saturated carbocycles. The van der Waals surface area contributed by atoms with E-state index in [0.717, 1.165) is 30.0 Å². The molecule has 0 saturated heterocycles. The standard InChI is InChI=1S/C18H24N4O2.HI/c1-23-16-6-8-17(9-7-16)24-14-4-12-21-18(19)22-13-10-15-5-2-3-11-20-15;/h2-3,5-9,11H,4,10,12-14H2,1H3,(H3,19,21,22);1H. The molecule has 6 nitrogen and oxygen atoms in total. The highest BCUT2D eigenvalue weighted by atomic mass is 127. The number of pyridine rings is 1. The SMILES string of the molecule is COc1ccc(OCCCN=C(N)NCCc2ccccn2)cc1.I. The van der Waals surface area contributed by atoms with Crippen molar-refractivity contribution in [1.29, 1.82) is 0 Å². The molecule has 0 bridgehead atoms. The molecule has 2 rings (SSSR count). The van der Waals surface area contributed by atoms with Crippen LogP contribution < -0.4 is 20.5 Å². The lowest BCUT2D eigenvalue weighted by Crippen LogP contribution is -2.33. The summed E-state index contributed by atoms with van der Waals surface area (Å²) in [7, 11) is 1.64. The van der Waals surface area contributed by atoms with Crippen LogP contribution in [0.1, 0.15) is 12.1 Å². The number of aliphatic imine (C=N–C) groups is 1. The van der Waals surface area contributed by atoms with Crippen molar-refractivity contribution in [3.8, 4) is 11.5 Å². The lowest BCUT2D eigenvalue weighted by atomic mass is 10.3. The van der Waals surface area contributed by atoms with Crippen molar-refractivity contribution in [2.24, 2.45) is 10.7 Å². The summed E-state index contributed by atoms with van der Waals surface area (Å²) >= 11 is 0. The van der Waals surface area contributed by atoms with Crippen LogP contribution in [0.15, 0.2) is 53.7 Å². The Hall–Kier alpha value is -2.03. The summed E-state index contributed by atoms with van der Waals surface area (Å²) in [5.41, 5.74) is 6.86. The van der Waals surface area contributed by atoms with Gasteiger partial charge in [-0.2, -0.15) is 0 Å². The molecule has 0 atom stereocenters. The predicted molar refractivity (Wildman–Crippen MR) is 111 cm³/mol. The van der Waals surface area contributed by atoms with Crippen molar-refractivity contribution in [2.75, 3.05) is 26.8 Å². The number of nitrogens with zero attached hydrogens (tertiary/aromatic N) is 2. The van der Waals surface area contributed by atoms with E-state index in [4.69, 9.17) is 15.2 Å². The van der Waals surface area contributed by atoms with Gasteiger partial charge in [0.15, 0.2) is 5.96 Å². The van der Waals surface area contributed by atoms with Gasteiger partial charge in [-0.05, 0) is 36.4 Å². The first-order chi connectivity index (χ1) is 11.8. The second-order valence-electron chi connectivity index (χ2n) is 5.14. The number of rotatable bonds is 9.